The third-order valence-corrected chi connectivity index (χ3v) is 4.17. The van der Waals surface area contributed by atoms with Gasteiger partial charge in [0.2, 0.25) is 11.0 Å². The molecule has 0 aromatic carbocycles. The van der Waals surface area contributed by atoms with Gasteiger partial charge in [-0.05, 0) is 0 Å². The van der Waals surface area contributed by atoms with E-state index in [4.69, 9.17) is 9.11 Å². The minimum atomic E-state index is -6.75. The van der Waals surface area contributed by atoms with Crippen molar-refractivity contribution in [2.24, 2.45) is 0 Å². The molecule has 0 bridgehead atoms. The fourth-order valence-electron chi connectivity index (χ4n) is 1.08. The summed E-state index contributed by atoms with van der Waals surface area (Å²) in [7, 11) is -6.75. The van der Waals surface area contributed by atoms with Crippen molar-refractivity contribution < 1.29 is 35.3 Å². The zero-order chi connectivity index (χ0) is 11.3. The smallest absolute Gasteiger partial charge is 0.233 e. The van der Waals surface area contributed by atoms with E-state index >= 15 is 0 Å². The molecule has 1 aliphatic rings. The van der Waals surface area contributed by atoms with Gasteiger partial charge in [0.05, 0.1) is 0 Å². The topological polar surface area (TPSA) is 57.5 Å². The Bertz CT molecular complexity index is 282. The minimum absolute atomic E-state index is 3.21. The van der Waals surface area contributed by atoms with Crippen molar-refractivity contribution in [3.8, 4) is 0 Å². The average molecular weight is 242 g/mol. The van der Waals surface area contributed by atoms with E-state index in [1.807, 2.05) is 0 Å². The molecule has 1 saturated heterocycles. The van der Waals surface area contributed by atoms with Crippen LogP contribution in [0.2, 0.25) is 0 Å². The van der Waals surface area contributed by atoms with Gasteiger partial charge in [0.25, 0.3) is 0 Å². The van der Waals surface area contributed by atoms with Crippen molar-refractivity contribution in [2.75, 3.05) is 0 Å². The van der Waals surface area contributed by atoms with E-state index in [1.165, 1.54) is 0 Å². The molecular formula is C5H7F5O3S. The molecule has 0 aromatic heterocycles. The molecule has 2 N–H and O–H groups in total. The molecule has 3 nitrogen and oxygen atoms in total. The van der Waals surface area contributed by atoms with Crippen LogP contribution in [-0.4, -0.2) is 42.8 Å². The average Bonchev–Trinajstić information content (AvgIpc) is 2.09. The lowest BCUT2D eigenvalue weighted by atomic mass is 10.2. The first-order valence-electron chi connectivity index (χ1n) is 3.43. The van der Waals surface area contributed by atoms with Crippen molar-refractivity contribution >= 4 is 9.63 Å². The van der Waals surface area contributed by atoms with Gasteiger partial charge in [-0.1, -0.05) is 0 Å². The molecular weight excluding hydrogens is 235 g/mol. The molecule has 1 fully saturated rings. The van der Waals surface area contributed by atoms with Gasteiger partial charge in [0.15, 0.2) is 28.1 Å². The molecule has 0 aromatic rings. The van der Waals surface area contributed by atoms with Crippen LogP contribution in [0.15, 0.2) is 0 Å². The van der Waals surface area contributed by atoms with Crippen LogP contribution in [0, 0.1) is 0 Å². The first-order chi connectivity index (χ1) is 6.08. The van der Waals surface area contributed by atoms with Gasteiger partial charge in [-0.2, -0.15) is 0 Å². The Morgan fingerprint density at radius 2 is 1.07 bits per heavy atom. The van der Waals surface area contributed by atoms with Crippen molar-refractivity contribution in [1.29, 1.82) is 0 Å². The Balaban J connectivity index is 3.19. The molecule has 86 valence electrons. The summed E-state index contributed by atoms with van der Waals surface area (Å²) in [6.45, 7) is 0. The van der Waals surface area contributed by atoms with Crippen LogP contribution in [-0.2, 0) is 9.63 Å². The van der Waals surface area contributed by atoms with E-state index in [2.05, 4.69) is 0 Å². The fraction of sp³-hybridized carbons (Fsp3) is 1.00. The maximum absolute atomic E-state index is 12.6. The predicted molar refractivity (Wildman–Crippen MR) is 37.9 cm³/mol. The molecule has 1 aliphatic heterocycles. The van der Waals surface area contributed by atoms with E-state index in [9.17, 15) is 26.2 Å². The fourth-order valence-corrected chi connectivity index (χ4v) is 2.60. The molecule has 0 spiro atoms. The summed E-state index contributed by atoms with van der Waals surface area (Å²) in [5, 5.41) is 0. The lowest BCUT2D eigenvalue weighted by Crippen LogP contribution is -2.65. The molecule has 1 heterocycles. The van der Waals surface area contributed by atoms with E-state index in [1.54, 1.807) is 0 Å². The summed E-state index contributed by atoms with van der Waals surface area (Å²) in [6.07, 6.45) is -9.95. The lowest BCUT2D eigenvalue weighted by Gasteiger charge is -2.43. The van der Waals surface area contributed by atoms with Crippen LogP contribution in [0.3, 0.4) is 0 Å². The van der Waals surface area contributed by atoms with Crippen molar-refractivity contribution in [3.63, 3.8) is 0 Å². The summed E-state index contributed by atoms with van der Waals surface area (Å²) < 4.78 is 90.5. The number of rotatable bonds is 0. The summed E-state index contributed by atoms with van der Waals surface area (Å²) in [6, 6.07) is 0. The largest absolute Gasteiger partial charge is 0.303 e. The summed E-state index contributed by atoms with van der Waals surface area (Å²) >= 11 is 0. The van der Waals surface area contributed by atoms with Crippen molar-refractivity contribution in [2.45, 2.75) is 29.5 Å². The van der Waals surface area contributed by atoms with Gasteiger partial charge in [0, 0.05) is 0 Å². The van der Waals surface area contributed by atoms with Crippen LogP contribution in [0.25, 0.3) is 0 Å². The molecule has 0 radical (unpaired) electrons. The highest BCUT2D eigenvalue weighted by Gasteiger charge is 2.65. The van der Waals surface area contributed by atoms with E-state index in [0.29, 0.717) is 0 Å². The summed E-state index contributed by atoms with van der Waals surface area (Å²) in [4.78, 5) is 0. The van der Waals surface area contributed by atoms with Crippen LogP contribution in [0.5, 0.6) is 0 Å². The molecule has 1 rings (SSSR count). The molecule has 0 aliphatic carbocycles. The SMILES string of the molecule is O=S1(O)(O)C(F)C(F)C(F)C(F)C1F. The first-order valence-corrected chi connectivity index (χ1v) is 5.43. The lowest BCUT2D eigenvalue weighted by molar-refractivity contribution is 0.00131. The standard InChI is InChI=1S/C5H7F5O3S/c6-1-2(7)4(9)14(11,12,13)5(10)3(1)8/h1-5H,(H2,11,12,13). The van der Waals surface area contributed by atoms with Crippen LogP contribution in [0.4, 0.5) is 22.0 Å². The monoisotopic (exact) mass is 242 g/mol. The van der Waals surface area contributed by atoms with Crippen LogP contribution < -0.4 is 0 Å². The predicted octanol–water partition coefficient (Wildman–Crippen LogP) is 1.37. The van der Waals surface area contributed by atoms with E-state index in [0.717, 1.165) is 0 Å². The zero-order valence-electron chi connectivity index (χ0n) is 6.49. The molecule has 14 heavy (non-hydrogen) atoms. The second-order valence-electron chi connectivity index (χ2n) is 3.02. The molecule has 4 atom stereocenters. The van der Waals surface area contributed by atoms with Crippen molar-refractivity contribution in [1.82, 2.24) is 0 Å². The van der Waals surface area contributed by atoms with Gasteiger partial charge in [-0.25, -0.2) is 26.2 Å². The molecule has 4 unspecified atom stereocenters. The zero-order valence-corrected chi connectivity index (χ0v) is 7.30. The summed E-state index contributed by atoms with van der Waals surface area (Å²) in [5.74, 6) is 0. The highest BCUT2D eigenvalue weighted by Crippen LogP contribution is 2.44. The number of halogens is 5. The highest BCUT2D eigenvalue weighted by atomic mass is 32.3. The van der Waals surface area contributed by atoms with Gasteiger partial charge in [-0.15, -0.1) is 0 Å². The third-order valence-electron chi connectivity index (χ3n) is 1.96. The maximum atomic E-state index is 12.6. The Hall–Kier alpha value is -0.280. The second kappa shape index (κ2) is 2.86. The molecule has 0 amide bonds. The van der Waals surface area contributed by atoms with Gasteiger partial charge in [0.1, 0.15) is 0 Å². The van der Waals surface area contributed by atoms with Crippen molar-refractivity contribution in [3.05, 3.63) is 0 Å². The minimum Gasteiger partial charge on any atom is -0.303 e. The highest BCUT2D eigenvalue weighted by molar-refractivity contribution is 8.11. The van der Waals surface area contributed by atoms with E-state index < -0.39 is 39.1 Å². The number of hydrogen-bond donors (Lipinski definition) is 2. The van der Waals surface area contributed by atoms with E-state index in [-0.39, 0.29) is 0 Å². The Morgan fingerprint density at radius 1 is 0.786 bits per heavy atom. The third kappa shape index (κ3) is 1.34. The van der Waals surface area contributed by atoms with Gasteiger partial charge >= 0.3 is 0 Å². The first kappa shape index (κ1) is 11.8. The van der Waals surface area contributed by atoms with Gasteiger partial charge < -0.3 is 9.11 Å². The normalized spacial score (nSPS) is 54.5. The molecule has 9 heteroatoms. The van der Waals surface area contributed by atoms with Gasteiger partial charge in [-0.3, -0.25) is 0 Å². The number of alkyl halides is 5. The van der Waals surface area contributed by atoms with Crippen LogP contribution in [0.1, 0.15) is 0 Å². The Kier molecular flexibility index (Phi) is 2.41. The summed E-state index contributed by atoms with van der Waals surface area (Å²) in [5.41, 5.74) is -7.38. The Labute approximate surface area is 75.3 Å². The van der Waals surface area contributed by atoms with Crippen LogP contribution >= 0.6 is 0 Å². The number of hydrogen-bond acceptors (Lipinski definition) is 1. The maximum Gasteiger partial charge on any atom is 0.233 e. The molecule has 0 saturated carbocycles. The quantitative estimate of drug-likeness (QED) is 0.631. The second-order valence-corrected chi connectivity index (χ2v) is 5.88. The Morgan fingerprint density at radius 3 is 1.36 bits per heavy atom.